The van der Waals surface area contributed by atoms with E-state index in [9.17, 15) is 9.59 Å². The topological polar surface area (TPSA) is 55.8 Å². The molecule has 0 aromatic heterocycles. The number of methoxy groups -OCH3 is 2. The highest BCUT2D eigenvalue weighted by molar-refractivity contribution is 9.10. The van der Waals surface area contributed by atoms with Gasteiger partial charge in [0.05, 0.1) is 24.7 Å². The molecule has 0 saturated carbocycles. The number of hydrogen-bond donors (Lipinski definition) is 0. The number of ether oxygens (including phenoxy) is 2. The number of esters is 1. The third-order valence-electron chi connectivity index (χ3n) is 3.75. The lowest BCUT2D eigenvalue weighted by atomic mass is 9.86. The summed E-state index contributed by atoms with van der Waals surface area (Å²) < 4.78 is 10.5. The first-order chi connectivity index (χ1) is 9.84. The number of carbonyl (C=O) groups is 2. The average Bonchev–Trinajstić information content (AvgIpc) is 2.63. The second kappa shape index (κ2) is 5.77. The van der Waals surface area contributed by atoms with Gasteiger partial charge in [0, 0.05) is 23.8 Å². The Kier molecular flexibility index (Phi) is 4.39. The van der Waals surface area contributed by atoms with Gasteiger partial charge in [0.1, 0.15) is 0 Å². The van der Waals surface area contributed by atoms with Crippen molar-refractivity contribution >= 4 is 33.5 Å². The fourth-order valence-electron chi connectivity index (χ4n) is 2.52. The van der Waals surface area contributed by atoms with Gasteiger partial charge in [0.15, 0.2) is 0 Å². The van der Waals surface area contributed by atoms with E-state index in [2.05, 4.69) is 15.9 Å². The molecule has 0 fully saturated rings. The minimum atomic E-state index is -0.625. The summed E-state index contributed by atoms with van der Waals surface area (Å²) in [6, 6.07) is 3.53. The summed E-state index contributed by atoms with van der Waals surface area (Å²) in [6.45, 7) is 4.65. The second-order valence-electron chi connectivity index (χ2n) is 5.42. The van der Waals surface area contributed by atoms with Crippen LogP contribution in [0.4, 0.5) is 5.69 Å². The minimum absolute atomic E-state index is 0.00321. The number of fused-ring (bicyclic) bond motifs is 1. The Hall–Kier alpha value is -1.40. The molecule has 0 saturated heterocycles. The summed E-state index contributed by atoms with van der Waals surface area (Å²) >= 11 is 3.38. The van der Waals surface area contributed by atoms with Gasteiger partial charge in [-0.3, -0.25) is 4.79 Å². The number of anilines is 1. The number of nitrogens with zero attached hydrogens (tertiary/aromatic N) is 1. The van der Waals surface area contributed by atoms with Crippen molar-refractivity contribution in [2.75, 3.05) is 32.3 Å². The molecule has 1 heterocycles. The van der Waals surface area contributed by atoms with E-state index >= 15 is 0 Å². The van der Waals surface area contributed by atoms with Crippen molar-refractivity contribution in [1.29, 1.82) is 0 Å². The predicted molar refractivity (Wildman–Crippen MR) is 82.7 cm³/mol. The molecular weight excluding hydrogens is 338 g/mol. The van der Waals surface area contributed by atoms with E-state index in [4.69, 9.17) is 9.47 Å². The van der Waals surface area contributed by atoms with Gasteiger partial charge in [-0.2, -0.15) is 0 Å². The maximum atomic E-state index is 12.6. The van der Waals surface area contributed by atoms with Crippen LogP contribution >= 0.6 is 15.9 Å². The Morgan fingerprint density at radius 3 is 2.57 bits per heavy atom. The molecule has 1 aliphatic heterocycles. The quantitative estimate of drug-likeness (QED) is 0.778. The molecule has 0 atom stereocenters. The van der Waals surface area contributed by atoms with Gasteiger partial charge in [-0.1, -0.05) is 0 Å². The van der Waals surface area contributed by atoms with Crippen LogP contribution in [-0.2, 0) is 19.7 Å². The Bertz CT molecular complexity index is 598. The lowest BCUT2D eigenvalue weighted by Crippen LogP contribution is -2.38. The molecule has 0 unspecified atom stereocenters. The largest absolute Gasteiger partial charge is 0.465 e. The summed E-state index contributed by atoms with van der Waals surface area (Å²) in [5, 5.41) is 0. The molecular formula is C15H18BrNO4. The van der Waals surface area contributed by atoms with Gasteiger partial charge < -0.3 is 14.4 Å². The van der Waals surface area contributed by atoms with Gasteiger partial charge in [0.25, 0.3) is 0 Å². The SMILES string of the molecule is COCCN1C(=O)C(C)(C)c2cc(Br)c(C(=O)OC)cc21. The van der Waals surface area contributed by atoms with E-state index < -0.39 is 11.4 Å². The lowest BCUT2D eigenvalue weighted by Gasteiger charge is -2.19. The predicted octanol–water partition coefficient (Wildman–Crippen LogP) is 2.51. The van der Waals surface area contributed by atoms with Gasteiger partial charge >= 0.3 is 5.97 Å². The first-order valence-electron chi connectivity index (χ1n) is 6.57. The van der Waals surface area contributed by atoms with Crippen LogP contribution in [0, 0.1) is 0 Å². The van der Waals surface area contributed by atoms with Crippen molar-refractivity contribution < 1.29 is 19.1 Å². The van der Waals surface area contributed by atoms with Crippen LogP contribution in [-0.4, -0.2) is 39.2 Å². The van der Waals surface area contributed by atoms with Crippen LogP contribution < -0.4 is 4.90 Å². The van der Waals surface area contributed by atoms with E-state index in [0.717, 1.165) is 11.3 Å². The molecule has 0 bridgehead atoms. The molecule has 1 amide bonds. The van der Waals surface area contributed by atoms with Crippen LogP contribution in [0.25, 0.3) is 0 Å². The third kappa shape index (κ3) is 2.58. The monoisotopic (exact) mass is 355 g/mol. The second-order valence-corrected chi connectivity index (χ2v) is 6.27. The number of amides is 1. The van der Waals surface area contributed by atoms with Crippen LogP contribution in [0.2, 0.25) is 0 Å². The normalized spacial score (nSPS) is 16.0. The number of hydrogen-bond acceptors (Lipinski definition) is 4. The first-order valence-corrected chi connectivity index (χ1v) is 7.37. The summed E-state index contributed by atoms with van der Waals surface area (Å²) in [4.78, 5) is 26.1. The fourth-order valence-corrected chi connectivity index (χ4v) is 3.02. The summed E-state index contributed by atoms with van der Waals surface area (Å²) in [5.41, 5.74) is 1.42. The number of rotatable bonds is 4. The van der Waals surface area contributed by atoms with Crippen molar-refractivity contribution in [3.63, 3.8) is 0 Å². The Morgan fingerprint density at radius 1 is 1.33 bits per heavy atom. The number of carbonyl (C=O) groups excluding carboxylic acids is 2. The summed E-state index contributed by atoms with van der Waals surface area (Å²) in [5.74, 6) is -0.433. The molecule has 114 valence electrons. The van der Waals surface area contributed by atoms with Crippen molar-refractivity contribution in [2.45, 2.75) is 19.3 Å². The molecule has 21 heavy (non-hydrogen) atoms. The maximum Gasteiger partial charge on any atom is 0.339 e. The molecule has 2 rings (SSSR count). The molecule has 5 nitrogen and oxygen atoms in total. The highest BCUT2D eigenvalue weighted by Gasteiger charge is 2.44. The molecule has 0 aliphatic carbocycles. The minimum Gasteiger partial charge on any atom is -0.465 e. The van der Waals surface area contributed by atoms with Crippen LogP contribution in [0.1, 0.15) is 29.8 Å². The van der Waals surface area contributed by atoms with Gasteiger partial charge in [-0.05, 0) is 47.5 Å². The van der Waals surface area contributed by atoms with Gasteiger partial charge in [0.2, 0.25) is 5.91 Å². The average molecular weight is 356 g/mol. The van der Waals surface area contributed by atoms with E-state index in [1.165, 1.54) is 7.11 Å². The Labute approximate surface area is 132 Å². The molecule has 1 aromatic carbocycles. The number of halogens is 1. The van der Waals surface area contributed by atoms with E-state index in [-0.39, 0.29) is 5.91 Å². The fraction of sp³-hybridized carbons (Fsp3) is 0.467. The highest BCUT2D eigenvalue weighted by atomic mass is 79.9. The van der Waals surface area contributed by atoms with E-state index in [1.54, 1.807) is 18.1 Å². The smallest absolute Gasteiger partial charge is 0.339 e. The Balaban J connectivity index is 2.56. The van der Waals surface area contributed by atoms with E-state index in [1.807, 2.05) is 19.9 Å². The maximum absolute atomic E-state index is 12.6. The van der Waals surface area contributed by atoms with E-state index in [0.29, 0.717) is 23.2 Å². The molecule has 1 aromatic rings. The first kappa shape index (κ1) is 16.0. The van der Waals surface area contributed by atoms with Crippen LogP contribution in [0.3, 0.4) is 0 Å². The number of benzene rings is 1. The zero-order chi connectivity index (χ0) is 15.8. The van der Waals surface area contributed by atoms with Crippen molar-refractivity contribution in [3.05, 3.63) is 27.7 Å². The molecule has 1 aliphatic rings. The van der Waals surface area contributed by atoms with Crippen LogP contribution in [0.5, 0.6) is 0 Å². The summed E-state index contributed by atoms with van der Waals surface area (Å²) in [7, 11) is 2.92. The van der Waals surface area contributed by atoms with Gasteiger partial charge in [-0.15, -0.1) is 0 Å². The molecule has 0 radical (unpaired) electrons. The highest BCUT2D eigenvalue weighted by Crippen LogP contribution is 2.43. The van der Waals surface area contributed by atoms with Crippen molar-refractivity contribution in [1.82, 2.24) is 0 Å². The lowest BCUT2D eigenvalue weighted by molar-refractivity contribution is -0.122. The summed E-state index contributed by atoms with van der Waals surface area (Å²) in [6.07, 6.45) is 0. The van der Waals surface area contributed by atoms with Gasteiger partial charge in [-0.25, -0.2) is 4.79 Å². The zero-order valence-corrected chi connectivity index (χ0v) is 14.1. The molecule has 0 spiro atoms. The zero-order valence-electron chi connectivity index (χ0n) is 12.5. The van der Waals surface area contributed by atoms with Crippen molar-refractivity contribution in [3.8, 4) is 0 Å². The van der Waals surface area contributed by atoms with Crippen molar-refractivity contribution in [2.24, 2.45) is 0 Å². The standard InChI is InChI=1S/C15H18BrNO4/c1-15(2)10-8-11(16)9(13(18)21-4)7-12(10)17(14(15)19)5-6-20-3/h7-8H,5-6H2,1-4H3. The van der Waals surface area contributed by atoms with Crippen LogP contribution in [0.15, 0.2) is 16.6 Å². The third-order valence-corrected chi connectivity index (χ3v) is 4.41. The molecule has 0 N–H and O–H groups in total. The Morgan fingerprint density at radius 2 is 2.00 bits per heavy atom. The molecule has 6 heteroatoms.